The molecule has 2 fully saturated rings. The molecule has 2 aliphatic heterocycles. The van der Waals surface area contributed by atoms with E-state index in [9.17, 15) is 13.6 Å². The molecule has 0 saturated carbocycles. The van der Waals surface area contributed by atoms with E-state index >= 15 is 0 Å². The van der Waals surface area contributed by atoms with Gasteiger partial charge in [-0.15, -0.1) is 0 Å². The first-order chi connectivity index (χ1) is 11.5. The van der Waals surface area contributed by atoms with Gasteiger partial charge in [0.15, 0.2) is 11.6 Å². The van der Waals surface area contributed by atoms with Crippen LogP contribution in [0.3, 0.4) is 0 Å². The Kier molecular flexibility index (Phi) is 5.40. The third-order valence-electron chi connectivity index (χ3n) is 4.63. The van der Waals surface area contributed by atoms with E-state index in [4.69, 9.17) is 0 Å². The number of carbonyl (C=O) groups is 1. The van der Waals surface area contributed by atoms with E-state index in [0.717, 1.165) is 37.6 Å². The number of rotatable bonds is 4. The molecule has 0 bridgehead atoms. The second-order valence-corrected chi connectivity index (χ2v) is 6.49. The standard InChI is InChI=1S/C16H23F2N5O/c1-10-15(21-22-20-10)16(24)19-12-4-6-23(7-5-12)9-11-2-3-13(17)14(18)8-11/h2-3,8,10,12,15,20-22H,4-7,9H2,1H3,(H,19,24). The van der Waals surface area contributed by atoms with Gasteiger partial charge in [0.2, 0.25) is 5.91 Å². The molecule has 4 N–H and O–H groups in total. The van der Waals surface area contributed by atoms with Gasteiger partial charge < -0.3 is 5.32 Å². The fourth-order valence-electron chi connectivity index (χ4n) is 3.16. The zero-order chi connectivity index (χ0) is 17.1. The quantitative estimate of drug-likeness (QED) is 0.640. The zero-order valence-corrected chi connectivity index (χ0v) is 13.6. The highest BCUT2D eigenvalue weighted by atomic mass is 19.2. The molecule has 0 spiro atoms. The van der Waals surface area contributed by atoms with Gasteiger partial charge >= 0.3 is 0 Å². The predicted molar refractivity (Wildman–Crippen MR) is 85.5 cm³/mol. The van der Waals surface area contributed by atoms with Crippen molar-refractivity contribution in [3.63, 3.8) is 0 Å². The van der Waals surface area contributed by atoms with Gasteiger partial charge in [0.1, 0.15) is 6.04 Å². The van der Waals surface area contributed by atoms with Crippen LogP contribution in [0.5, 0.6) is 0 Å². The number of carbonyl (C=O) groups excluding carboxylic acids is 1. The van der Waals surface area contributed by atoms with Crippen LogP contribution >= 0.6 is 0 Å². The van der Waals surface area contributed by atoms with Gasteiger partial charge in [-0.05, 0) is 37.5 Å². The summed E-state index contributed by atoms with van der Waals surface area (Å²) in [5.41, 5.74) is 9.36. The highest BCUT2D eigenvalue weighted by Gasteiger charge is 2.31. The van der Waals surface area contributed by atoms with Crippen molar-refractivity contribution in [1.29, 1.82) is 0 Å². The monoisotopic (exact) mass is 339 g/mol. The van der Waals surface area contributed by atoms with Crippen molar-refractivity contribution in [1.82, 2.24) is 26.6 Å². The van der Waals surface area contributed by atoms with Crippen molar-refractivity contribution in [3.8, 4) is 0 Å². The maximum absolute atomic E-state index is 13.3. The maximum Gasteiger partial charge on any atom is 0.240 e. The van der Waals surface area contributed by atoms with Crippen molar-refractivity contribution in [3.05, 3.63) is 35.4 Å². The fraction of sp³-hybridized carbons (Fsp3) is 0.562. The molecule has 6 nitrogen and oxygen atoms in total. The fourth-order valence-corrected chi connectivity index (χ4v) is 3.16. The summed E-state index contributed by atoms with van der Waals surface area (Å²) in [6, 6.07) is 3.91. The lowest BCUT2D eigenvalue weighted by Crippen LogP contribution is -2.52. The Balaban J connectivity index is 1.45. The van der Waals surface area contributed by atoms with Crippen LogP contribution in [0.15, 0.2) is 18.2 Å². The number of piperidine rings is 1. The first-order valence-electron chi connectivity index (χ1n) is 8.25. The van der Waals surface area contributed by atoms with Crippen LogP contribution in [0.2, 0.25) is 0 Å². The average Bonchev–Trinajstić information content (AvgIpc) is 2.99. The smallest absolute Gasteiger partial charge is 0.240 e. The second kappa shape index (κ2) is 7.52. The number of hydrogen-bond acceptors (Lipinski definition) is 5. The van der Waals surface area contributed by atoms with Gasteiger partial charge in [-0.25, -0.2) is 19.6 Å². The van der Waals surface area contributed by atoms with Crippen molar-refractivity contribution in [2.24, 2.45) is 0 Å². The van der Waals surface area contributed by atoms with Crippen molar-refractivity contribution in [2.75, 3.05) is 13.1 Å². The summed E-state index contributed by atoms with van der Waals surface area (Å²) in [5, 5.41) is 3.07. The molecule has 1 amide bonds. The summed E-state index contributed by atoms with van der Waals surface area (Å²) < 4.78 is 26.2. The third-order valence-corrected chi connectivity index (χ3v) is 4.63. The molecule has 2 atom stereocenters. The van der Waals surface area contributed by atoms with Crippen LogP contribution in [0.25, 0.3) is 0 Å². The molecule has 24 heavy (non-hydrogen) atoms. The molecule has 132 valence electrons. The summed E-state index contributed by atoms with van der Waals surface area (Å²) in [5.74, 6) is -1.65. The lowest BCUT2D eigenvalue weighted by molar-refractivity contribution is -0.124. The molecule has 0 radical (unpaired) electrons. The Bertz CT molecular complexity index is 592. The molecule has 0 aromatic heterocycles. The largest absolute Gasteiger partial charge is 0.352 e. The third kappa shape index (κ3) is 4.07. The van der Waals surface area contributed by atoms with Crippen LogP contribution in [-0.2, 0) is 11.3 Å². The van der Waals surface area contributed by atoms with Gasteiger partial charge in [-0.2, -0.15) is 5.53 Å². The Morgan fingerprint density at radius 3 is 2.62 bits per heavy atom. The van der Waals surface area contributed by atoms with Crippen LogP contribution in [0.4, 0.5) is 8.78 Å². The Morgan fingerprint density at radius 2 is 2.00 bits per heavy atom. The highest BCUT2D eigenvalue weighted by Crippen LogP contribution is 2.16. The van der Waals surface area contributed by atoms with Crippen molar-refractivity contribution >= 4 is 5.91 Å². The first-order valence-corrected chi connectivity index (χ1v) is 8.25. The maximum atomic E-state index is 13.3. The molecular formula is C16H23F2N5O. The number of amides is 1. The van der Waals surface area contributed by atoms with Gasteiger partial charge in [-0.1, -0.05) is 6.07 Å². The van der Waals surface area contributed by atoms with E-state index in [1.165, 1.54) is 6.07 Å². The van der Waals surface area contributed by atoms with Crippen molar-refractivity contribution < 1.29 is 13.6 Å². The van der Waals surface area contributed by atoms with Crippen LogP contribution in [-0.4, -0.2) is 42.0 Å². The highest BCUT2D eigenvalue weighted by molar-refractivity contribution is 5.83. The first kappa shape index (κ1) is 17.2. The van der Waals surface area contributed by atoms with Crippen LogP contribution in [0.1, 0.15) is 25.3 Å². The SMILES string of the molecule is CC1NNNC1C(=O)NC1CCN(Cc2ccc(F)c(F)c2)CC1. The van der Waals surface area contributed by atoms with E-state index in [1.807, 2.05) is 6.92 Å². The van der Waals surface area contributed by atoms with Gasteiger partial charge in [0, 0.05) is 31.7 Å². The normalized spacial score (nSPS) is 25.8. The van der Waals surface area contributed by atoms with E-state index in [-0.39, 0.29) is 24.0 Å². The molecule has 2 aliphatic rings. The van der Waals surface area contributed by atoms with Crippen LogP contribution < -0.4 is 21.7 Å². The molecule has 2 saturated heterocycles. The predicted octanol–water partition coefficient (Wildman–Crippen LogP) is 0.415. The zero-order valence-electron chi connectivity index (χ0n) is 13.6. The van der Waals surface area contributed by atoms with Gasteiger partial charge in [0.05, 0.1) is 0 Å². The molecule has 8 heteroatoms. The van der Waals surface area contributed by atoms with E-state index < -0.39 is 11.6 Å². The summed E-state index contributed by atoms with van der Waals surface area (Å²) in [4.78, 5) is 14.4. The summed E-state index contributed by atoms with van der Waals surface area (Å²) in [6.07, 6.45) is 1.69. The van der Waals surface area contributed by atoms with Crippen molar-refractivity contribution in [2.45, 2.75) is 44.4 Å². The number of hydrazine groups is 2. The average molecular weight is 339 g/mol. The minimum Gasteiger partial charge on any atom is -0.352 e. The lowest BCUT2D eigenvalue weighted by Gasteiger charge is -2.33. The topological polar surface area (TPSA) is 68.4 Å². The number of halogens is 2. The number of nitrogens with zero attached hydrogens (tertiary/aromatic N) is 1. The molecule has 1 aromatic carbocycles. The second-order valence-electron chi connectivity index (χ2n) is 6.49. The number of hydrogen-bond donors (Lipinski definition) is 4. The number of nitrogens with one attached hydrogen (secondary N) is 4. The lowest BCUT2D eigenvalue weighted by atomic mass is 10.0. The summed E-state index contributed by atoms with van der Waals surface area (Å²) in [6.45, 7) is 4.15. The Hall–Kier alpha value is -1.61. The van der Waals surface area contributed by atoms with E-state index in [0.29, 0.717) is 6.54 Å². The molecule has 2 unspecified atom stereocenters. The minimum absolute atomic E-state index is 0.0148. The van der Waals surface area contributed by atoms with Gasteiger partial charge in [0.25, 0.3) is 0 Å². The summed E-state index contributed by atoms with van der Waals surface area (Å²) in [7, 11) is 0. The molecule has 3 rings (SSSR count). The minimum atomic E-state index is -0.820. The summed E-state index contributed by atoms with van der Waals surface area (Å²) >= 11 is 0. The van der Waals surface area contributed by atoms with Crippen LogP contribution in [0, 0.1) is 11.6 Å². The van der Waals surface area contributed by atoms with E-state index in [2.05, 4.69) is 26.6 Å². The molecule has 1 aromatic rings. The number of benzene rings is 1. The van der Waals surface area contributed by atoms with Gasteiger partial charge in [-0.3, -0.25) is 9.69 Å². The molecule has 0 aliphatic carbocycles. The Labute approximate surface area is 139 Å². The van der Waals surface area contributed by atoms with E-state index in [1.54, 1.807) is 6.07 Å². The molecule has 2 heterocycles. The Morgan fingerprint density at radius 1 is 1.25 bits per heavy atom. The number of likely N-dealkylation sites (tertiary alicyclic amines) is 1. The molecular weight excluding hydrogens is 316 g/mol.